The maximum absolute atomic E-state index is 4.69. The van der Waals surface area contributed by atoms with Crippen molar-refractivity contribution in [3.63, 3.8) is 0 Å². The van der Waals surface area contributed by atoms with Gasteiger partial charge in [0.2, 0.25) is 0 Å². The van der Waals surface area contributed by atoms with Gasteiger partial charge in [-0.1, -0.05) is 0 Å². The summed E-state index contributed by atoms with van der Waals surface area (Å²) in [7, 11) is 0. The highest BCUT2D eigenvalue weighted by molar-refractivity contribution is 7.20. The van der Waals surface area contributed by atoms with Gasteiger partial charge in [0.25, 0.3) is 0 Å². The number of fused-ring (bicyclic) bond motifs is 10. The Morgan fingerprint density at radius 2 is 1.12 bits per heavy atom. The molecule has 0 aromatic carbocycles. The lowest BCUT2D eigenvalue weighted by atomic mass is 10.4. The summed E-state index contributed by atoms with van der Waals surface area (Å²) in [5.74, 6) is 0.866. The van der Waals surface area contributed by atoms with Crippen molar-refractivity contribution in [1.82, 2.24) is 25.3 Å². The smallest absolute Gasteiger partial charge is 0.154 e. The van der Waals surface area contributed by atoms with Crippen molar-refractivity contribution in [3.8, 4) is 20.0 Å². The molecule has 0 spiro atoms. The first-order chi connectivity index (χ1) is 12.3. The van der Waals surface area contributed by atoms with Crippen molar-refractivity contribution in [2.45, 2.75) is 19.6 Å². The first-order valence-electron chi connectivity index (χ1n) is 7.57. The third-order valence-electron chi connectivity index (χ3n) is 3.59. The van der Waals surface area contributed by atoms with Crippen molar-refractivity contribution in [2.24, 2.45) is 0 Å². The summed E-state index contributed by atoms with van der Waals surface area (Å²) < 4.78 is 0. The normalized spacial score (nSPS) is 14.1. The molecule has 0 unspecified atom stereocenters. The highest BCUT2D eigenvalue weighted by Crippen LogP contribution is 2.30. The van der Waals surface area contributed by atoms with Gasteiger partial charge in [0.1, 0.15) is 5.82 Å². The number of hydrogen-bond donors (Lipinski definition) is 2. The molecule has 4 aromatic rings. The SMILES string of the molecule is [HH].[HH].c1sc2nc1CNCc1csc(n1)-c1nc(cs1)NCc1csc-2n1. The summed E-state index contributed by atoms with van der Waals surface area (Å²) in [4.78, 5) is 18.7. The highest BCUT2D eigenvalue weighted by atomic mass is 32.1. The number of nitrogens with zero attached hydrogens (tertiary/aromatic N) is 4. The number of aromatic nitrogens is 4. The minimum Gasteiger partial charge on any atom is -0.364 e. The van der Waals surface area contributed by atoms with E-state index >= 15 is 0 Å². The van der Waals surface area contributed by atoms with E-state index in [1.54, 1.807) is 45.3 Å². The second-order valence-electron chi connectivity index (χ2n) is 5.43. The largest absolute Gasteiger partial charge is 0.364 e. The van der Waals surface area contributed by atoms with Gasteiger partial charge in [-0.05, 0) is 0 Å². The second-order valence-corrected chi connectivity index (χ2v) is 8.86. The van der Waals surface area contributed by atoms with E-state index in [0.717, 1.165) is 56.0 Å². The summed E-state index contributed by atoms with van der Waals surface area (Å²) in [5.41, 5.74) is 3.08. The summed E-state index contributed by atoms with van der Waals surface area (Å²) in [5, 5.41) is 18.9. The second kappa shape index (κ2) is 6.54. The molecule has 1 aliphatic heterocycles. The van der Waals surface area contributed by atoms with Crippen LogP contribution in [0.15, 0.2) is 21.5 Å². The fraction of sp³-hybridized carbons (Fsp3) is 0.200. The lowest BCUT2D eigenvalue weighted by molar-refractivity contribution is 0.673. The number of anilines is 1. The monoisotopic (exact) mass is 408 g/mol. The van der Waals surface area contributed by atoms with Gasteiger partial charge in [-0.2, -0.15) is 0 Å². The van der Waals surface area contributed by atoms with Gasteiger partial charge in [0.05, 0.1) is 23.6 Å². The van der Waals surface area contributed by atoms with Gasteiger partial charge in [-0.3, -0.25) is 0 Å². The Kier molecular flexibility index (Phi) is 4.06. The topological polar surface area (TPSA) is 75.6 Å². The minimum atomic E-state index is 0. The summed E-state index contributed by atoms with van der Waals surface area (Å²) in [6, 6.07) is 0. The van der Waals surface area contributed by atoms with Crippen LogP contribution in [0, 0.1) is 0 Å². The molecular weight excluding hydrogens is 392 g/mol. The van der Waals surface area contributed by atoms with Crippen molar-refractivity contribution in [1.29, 1.82) is 0 Å². The van der Waals surface area contributed by atoms with Crippen LogP contribution in [0.1, 0.15) is 19.9 Å². The van der Waals surface area contributed by atoms with Crippen molar-refractivity contribution >= 4 is 51.2 Å². The van der Waals surface area contributed by atoms with E-state index in [2.05, 4.69) is 46.7 Å². The molecule has 0 saturated heterocycles. The van der Waals surface area contributed by atoms with E-state index in [0.29, 0.717) is 6.54 Å². The van der Waals surface area contributed by atoms with E-state index in [1.807, 2.05) is 5.38 Å². The van der Waals surface area contributed by atoms with Crippen LogP contribution in [0.3, 0.4) is 0 Å². The van der Waals surface area contributed by atoms with Gasteiger partial charge < -0.3 is 10.6 Å². The Hall–Kier alpha value is -1.72. The zero-order valence-electron chi connectivity index (χ0n) is 12.9. The van der Waals surface area contributed by atoms with E-state index in [4.69, 9.17) is 0 Å². The quantitative estimate of drug-likeness (QED) is 0.444. The fourth-order valence-corrected chi connectivity index (χ4v) is 5.75. The first kappa shape index (κ1) is 15.5. The lowest BCUT2D eigenvalue weighted by Gasteiger charge is -1.99. The molecule has 8 bridgehead atoms. The van der Waals surface area contributed by atoms with Crippen molar-refractivity contribution < 1.29 is 2.85 Å². The van der Waals surface area contributed by atoms with Crippen molar-refractivity contribution in [2.75, 3.05) is 5.32 Å². The third-order valence-corrected chi connectivity index (χ3v) is 7.39. The Balaban J connectivity index is 0.00000105. The molecule has 6 nitrogen and oxygen atoms in total. The zero-order valence-corrected chi connectivity index (χ0v) is 16.1. The molecule has 5 rings (SSSR count). The maximum atomic E-state index is 4.69. The van der Waals surface area contributed by atoms with Crippen molar-refractivity contribution in [3.05, 3.63) is 38.6 Å². The number of hydrogen-bond acceptors (Lipinski definition) is 10. The van der Waals surface area contributed by atoms with Crippen LogP contribution >= 0.6 is 45.3 Å². The highest BCUT2D eigenvalue weighted by Gasteiger charge is 2.13. The minimum absolute atomic E-state index is 0. The molecule has 0 fully saturated rings. The predicted molar refractivity (Wildman–Crippen MR) is 109 cm³/mol. The van der Waals surface area contributed by atoms with Crippen LogP contribution in [-0.2, 0) is 19.6 Å². The molecule has 5 heterocycles. The summed E-state index contributed by atoms with van der Waals surface area (Å²) >= 11 is 6.52. The van der Waals surface area contributed by atoms with Crippen LogP contribution in [0.2, 0.25) is 0 Å². The molecule has 4 aromatic heterocycles. The molecule has 0 radical (unpaired) electrons. The average molecular weight is 409 g/mol. The van der Waals surface area contributed by atoms with E-state index in [9.17, 15) is 0 Å². The van der Waals surface area contributed by atoms with Gasteiger partial charge in [-0.15, -0.1) is 45.3 Å². The van der Waals surface area contributed by atoms with Crippen LogP contribution in [0.25, 0.3) is 20.0 Å². The van der Waals surface area contributed by atoms with Gasteiger partial charge >= 0.3 is 0 Å². The van der Waals surface area contributed by atoms with E-state index in [1.165, 1.54) is 0 Å². The molecule has 1 aliphatic rings. The first-order valence-corrected chi connectivity index (χ1v) is 11.1. The number of nitrogens with one attached hydrogen (secondary N) is 2. The van der Waals surface area contributed by atoms with Crippen LogP contribution in [0.4, 0.5) is 5.82 Å². The van der Waals surface area contributed by atoms with E-state index in [-0.39, 0.29) is 2.85 Å². The van der Waals surface area contributed by atoms with Crippen LogP contribution in [0.5, 0.6) is 0 Å². The number of thiazole rings is 4. The average Bonchev–Trinajstić information content (AvgIpc) is 3.38. The van der Waals surface area contributed by atoms with Crippen LogP contribution in [-0.4, -0.2) is 19.9 Å². The molecule has 10 heteroatoms. The Bertz CT molecular complexity index is 943. The molecular formula is C15H16N6S4. The Morgan fingerprint density at radius 1 is 0.640 bits per heavy atom. The third kappa shape index (κ3) is 3.23. The molecule has 25 heavy (non-hydrogen) atoms. The summed E-state index contributed by atoms with van der Waals surface area (Å²) in [6.07, 6.45) is 0. The number of rotatable bonds is 0. The lowest BCUT2D eigenvalue weighted by Crippen LogP contribution is -2.13. The maximum Gasteiger partial charge on any atom is 0.154 e. The molecule has 0 saturated carbocycles. The Morgan fingerprint density at radius 3 is 1.72 bits per heavy atom. The van der Waals surface area contributed by atoms with Gasteiger partial charge in [0.15, 0.2) is 20.0 Å². The molecule has 130 valence electrons. The Labute approximate surface area is 162 Å². The molecule has 0 atom stereocenters. The van der Waals surface area contributed by atoms with Gasteiger partial charge in [0, 0.05) is 37.5 Å². The standard InChI is InChI=1S/C15H12N6S4.2H2/c1-8-4-22-12(18-8)13-20-10(6-24-13)3-17-11-7-25-15(21-11)14-19-9(2-16-1)5-23-14;;/h4-7,16-17H,1-3H2;2*1H. The van der Waals surface area contributed by atoms with E-state index < -0.39 is 0 Å². The fourth-order valence-electron chi connectivity index (χ4n) is 2.41. The summed E-state index contributed by atoms with van der Waals surface area (Å²) in [6.45, 7) is 2.11. The predicted octanol–water partition coefficient (Wildman–Crippen LogP) is 4.55. The van der Waals surface area contributed by atoms with Crippen LogP contribution < -0.4 is 10.6 Å². The van der Waals surface area contributed by atoms with Gasteiger partial charge in [-0.25, -0.2) is 19.9 Å². The molecule has 2 N–H and O–H groups in total. The molecule has 0 amide bonds. The zero-order chi connectivity index (χ0) is 16.6. The molecule has 0 aliphatic carbocycles.